The molecule has 0 atom stereocenters. The molecule has 1 fully saturated rings. The monoisotopic (exact) mass is 323 g/mol. The van der Waals surface area contributed by atoms with Crippen LogP contribution in [0.25, 0.3) is 0 Å². The van der Waals surface area contributed by atoms with Gasteiger partial charge in [0.15, 0.2) is 0 Å². The third-order valence-electron chi connectivity index (χ3n) is 4.73. The molecular formula is C15H18BrNO2. The van der Waals surface area contributed by atoms with E-state index in [9.17, 15) is 0 Å². The van der Waals surface area contributed by atoms with Crippen LogP contribution in [-0.4, -0.2) is 13.2 Å². The standard InChI is InChI=1S/C15H18BrNO2/c16-12-10-4-8-18-13(10)11(9-3-7-19-14(9)12)15(17)5-1-2-6-15/h1-8,17H2. The molecule has 1 aromatic carbocycles. The minimum absolute atomic E-state index is 0.201. The number of fused-ring (bicyclic) bond motifs is 2. The Kier molecular flexibility index (Phi) is 2.61. The van der Waals surface area contributed by atoms with Crippen molar-refractivity contribution in [2.24, 2.45) is 5.73 Å². The maximum absolute atomic E-state index is 6.73. The molecule has 0 spiro atoms. The molecule has 0 saturated heterocycles. The van der Waals surface area contributed by atoms with Gasteiger partial charge in [-0.1, -0.05) is 12.8 Å². The Morgan fingerprint density at radius 2 is 1.58 bits per heavy atom. The summed E-state index contributed by atoms with van der Waals surface area (Å²) in [5, 5.41) is 0. The van der Waals surface area contributed by atoms with Crippen LogP contribution in [0.1, 0.15) is 42.4 Å². The maximum atomic E-state index is 6.73. The number of rotatable bonds is 1. The fourth-order valence-electron chi connectivity index (χ4n) is 3.84. The molecule has 4 rings (SSSR count). The molecular weight excluding hydrogens is 306 g/mol. The molecule has 0 amide bonds. The van der Waals surface area contributed by atoms with Crippen molar-refractivity contribution < 1.29 is 9.47 Å². The zero-order chi connectivity index (χ0) is 13.0. The lowest BCUT2D eigenvalue weighted by Gasteiger charge is -2.29. The Morgan fingerprint density at radius 3 is 2.32 bits per heavy atom. The Labute approximate surface area is 121 Å². The summed E-state index contributed by atoms with van der Waals surface area (Å²) in [6, 6.07) is 0. The molecule has 0 radical (unpaired) electrons. The Balaban J connectivity index is 2.00. The Hall–Kier alpha value is -0.740. The zero-order valence-corrected chi connectivity index (χ0v) is 12.5. The highest BCUT2D eigenvalue weighted by molar-refractivity contribution is 9.10. The number of hydrogen-bond acceptors (Lipinski definition) is 3. The van der Waals surface area contributed by atoms with Crippen LogP contribution in [0.2, 0.25) is 0 Å². The summed E-state index contributed by atoms with van der Waals surface area (Å²) in [6.07, 6.45) is 6.48. The van der Waals surface area contributed by atoms with Crippen LogP contribution in [0, 0.1) is 0 Å². The first kappa shape index (κ1) is 12.0. The Morgan fingerprint density at radius 1 is 0.947 bits per heavy atom. The topological polar surface area (TPSA) is 44.5 Å². The van der Waals surface area contributed by atoms with E-state index in [2.05, 4.69) is 15.9 Å². The smallest absolute Gasteiger partial charge is 0.137 e. The van der Waals surface area contributed by atoms with Crippen molar-refractivity contribution >= 4 is 15.9 Å². The van der Waals surface area contributed by atoms with E-state index in [1.807, 2.05) is 0 Å². The van der Waals surface area contributed by atoms with Crippen LogP contribution in [-0.2, 0) is 18.4 Å². The number of nitrogens with two attached hydrogens (primary N) is 1. The first-order chi connectivity index (χ1) is 9.21. The SMILES string of the molecule is NC1(c2c3c(c(Br)c4c2OCC4)OCC3)CCCC1. The van der Waals surface area contributed by atoms with Gasteiger partial charge < -0.3 is 15.2 Å². The fraction of sp³-hybridized carbons (Fsp3) is 0.600. The minimum atomic E-state index is -0.201. The van der Waals surface area contributed by atoms with Crippen molar-refractivity contribution in [1.29, 1.82) is 0 Å². The molecule has 19 heavy (non-hydrogen) atoms. The average Bonchev–Trinajstić information content (AvgIpc) is 3.09. The van der Waals surface area contributed by atoms with Gasteiger partial charge in [0.2, 0.25) is 0 Å². The summed E-state index contributed by atoms with van der Waals surface area (Å²) < 4.78 is 12.9. The van der Waals surface area contributed by atoms with Crippen molar-refractivity contribution in [2.75, 3.05) is 13.2 Å². The van der Waals surface area contributed by atoms with E-state index in [0.717, 1.165) is 54.9 Å². The third-order valence-corrected chi connectivity index (χ3v) is 5.57. The van der Waals surface area contributed by atoms with Crippen LogP contribution in [0.4, 0.5) is 0 Å². The second kappa shape index (κ2) is 4.13. The highest BCUT2D eigenvalue weighted by Gasteiger charge is 2.41. The summed E-state index contributed by atoms with van der Waals surface area (Å²) in [4.78, 5) is 0. The molecule has 0 unspecified atom stereocenters. The van der Waals surface area contributed by atoms with Crippen molar-refractivity contribution in [2.45, 2.75) is 44.1 Å². The predicted molar refractivity (Wildman–Crippen MR) is 76.9 cm³/mol. The van der Waals surface area contributed by atoms with Gasteiger partial charge in [-0.2, -0.15) is 0 Å². The van der Waals surface area contributed by atoms with E-state index in [1.54, 1.807) is 0 Å². The van der Waals surface area contributed by atoms with Crippen LogP contribution in [0.5, 0.6) is 11.5 Å². The second-order valence-corrected chi connectivity index (χ2v) is 6.66. The van der Waals surface area contributed by atoms with Crippen molar-refractivity contribution in [3.8, 4) is 11.5 Å². The van der Waals surface area contributed by atoms with Gasteiger partial charge in [-0.05, 0) is 28.8 Å². The second-order valence-electron chi connectivity index (χ2n) is 5.86. The molecule has 102 valence electrons. The summed E-state index contributed by atoms with van der Waals surface area (Å²) >= 11 is 3.70. The first-order valence-electron chi connectivity index (χ1n) is 7.13. The molecule has 1 aliphatic carbocycles. The number of ether oxygens (including phenoxy) is 2. The van der Waals surface area contributed by atoms with E-state index >= 15 is 0 Å². The van der Waals surface area contributed by atoms with E-state index in [1.165, 1.54) is 29.5 Å². The van der Waals surface area contributed by atoms with Gasteiger partial charge in [0.25, 0.3) is 0 Å². The molecule has 2 aliphatic heterocycles. The lowest BCUT2D eigenvalue weighted by Crippen LogP contribution is -2.34. The maximum Gasteiger partial charge on any atom is 0.137 e. The average molecular weight is 324 g/mol. The quantitative estimate of drug-likeness (QED) is 0.863. The molecule has 3 nitrogen and oxygen atoms in total. The minimum Gasteiger partial charge on any atom is -0.493 e. The molecule has 2 N–H and O–H groups in total. The van der Waals surface area contributed by atoms with Crippen molar-refractivity contribution in [1.82, 2.24) is 0 Å². The molecule has 1 aromatic rings. The molecule has 0 aromatic heterocycles. The van der Waals surface area contributed by atoms with Crippen LogP contribution < -0.4 is 15.2 Å². The van der Waals surface area contributed by atoms with Gasteiger partial charge >= 0.3 is 0 Å². The summed E-state index contributed by atoms with van der Waals surface area (Å²) in [7, 11) is 0. The normalized spacial score (nSPS) is 22.8. The summed E-state index contributed by atoms with van der Waals surface area (Å²) in [5.41, 5.74) is 10.3. The molecule has 0 bridgehead atoms. The number of hydrogen-bond donors (Lipinski definition) is 1. The third kappa shape index (κ3) is 1.59. The largest absolute Gasteiger partial charge is 0.493 e. The van der Waals surface area contributed by atoms with Gasteiger partial charge in [0, 0.05) is 35.1 Å². The van der Waals surface area contributed by atoms with E-state index < -0.39 is 0 Å². The molecule has 2 heterocycles. The summed E-state index contributed by atoms with van der Waals surface area (Å²) in [5.74, 6) is 2.08. The molecule has 1 saturated carbocycles. The lowest BCUT2D eigenvalue weighted by atomic mass is 9.83. The van der Waals surface area contributed by atoms with E-state index in [0.29, 0.717) is 0 Å². The molecule has 3 aliphatic rings. The van der Waals surface area contributed by atoms with Gasteiger partial charge in [-0.25, -0.2) is 0 Å². The lowest BCUT2D eigenvalue weighted by molar-refractivity contribution is 0.338. The van der Waals surface area contributed by atoms with Gasteiger partial charge in [0.1, 0.15) is 11.5 Å². The first-order valence-corrected chi connectivity index (χ1v) is 7.92. The zero-order valence-electron chi connectivity index (χ0n) is 10.9. The fourth-order valence-corrected chi connectivity index (χ4v) is 4.57. The van der Waals surface area contributed by atoms with Crippen molar-refractivity contribution in [3.05, 3.63) is 21.2 Å². The van der Waals surface area contributed by atoms with Gasteiger partial charge in [-0.3, -0.25) is 0 Å². The highest BCUT2D eigenvalue weighted by atomic mass is 79.9. The Bertz CT molecular complexity index is 515. The summed E-state index contributed by atoms with van der Waals surface area (Å²) in [6.45, 7) is 1.53. The van der Waals surface area contributed by atoms with Gasteiger partial charge in [0.05, 0.1) is 17.7 Å². The van der Waals surface area contributed by atoms with Crippen LogP contribution in [0.3, 0.4) is 0 Å². The van der Waals surface area contributed by atoms with Gasteiger partial charge in [-0.15, -0.1) is 0 Å². The van der Waals surface area contributed by atoms with Crippen molar-refractivity contribution in [3.63, 3.8) is 0 Å². The van der Waals surface area contributed by atoms with E-state index in [-0.39, 0.29) is 5.54 Å². The van der Waals surface area contributed by atoms with Crippen LogP contribution >= 0.6 is 15.9 Å². The predicted octanol–water partition coefficient (Wildman–Crippen LogP) is 3.05. The molecule has 4 heteroatoms. The highest BCUT2D eigenvalue weighted by Crippen LogP contribution is 2.53. The number of halogens is 1. The van der Waals surface area contributed by atoms with E-state index in [4.69, 9.17) is 15.2 Å². The number of benzene rings is 1. The van der Waals surface area contributed by atoms with Crippen LogP contribution in [0.15, 0.2) is 4.47 Å².